The highest BCUT2D eigenvalue weighted by molar-refractivity contribution is 5.58. The molecule has 1 aliphatic heterocycles. The maximum atomic E-state index is 5.52. The van der Waals surface area contributed by atoms with E-state index >= 15 is 0 Å². The van der Waals surface area contributed by atoms with Gasteiger partial charge in [0, 0.05) is 50.7 Å². The molecular formula is C24H26N6O. The lowest BCUT2D eigenvalue weighted by molar-refractivity contribution is 0.112. The van der Waals surface area contributed by atoms with Gasteiger partial charge in [0.05, 0.1) is 12.2 Å². The smallest absolute Gasteiger partial charge is 0.241 e. The minimum atomic E-state index is 0.672. The molecule has 2 aromatic heterocycles. The zero-order valence-electron chi connectivity index (χ0n) is 17.7. The maximum absolute atomic E-state index is 5.52. The van der Waals surface area contributed by atoms with E-state index in [1.165, 1.54) is 5.56 Å². The van der Waals surface area contributed by atoms with Crippen LogP contribution in [-0.4, -0.2) is 55.9 Å². The second-order valence-corrected chi connectivity index (χ2v) is 8.00. The molecule has 3 heterocycles. The standard InChI is InChI=1S/C24H26N6O/c1-19-5-2-3-6-22(19)24-26-23(31-27-24)18-29-15-13-28(14-16-29)17-20-7-9-21(10-8-20)30-12-4-11-25-30/h2-12H,13-18H2,1H3. The van der Waals surface area contributed by atoms with Crippen molar-refractivity contribution in [1.29, 1.82) is 0 Å². The molecule has 31 heavy (non-hydrogen) atoms. The number of benzene rings is 2. The van der Waals surface area contributed by atoms with Crippen molar-refractivity contribution in [2.75, 3.05) is 26.2 Å². The van der Waals surface area contributed by atoms with Crippen LogP contribution in [0.1, 0.15) is 17.0 Å². The lowest BCUT2D eigenvalue weighted by atomic mass is 10.1. The summed E-state index contributed by atoms with van der Waals surface area (Å²) in [4.78, 5) is 9.48. The average molecular weight is 415 g/mol. The Morgan fingerprint density at radius 2 is 1.61 bits per heavy atom. The van der Waals surface area contributed by atoms with Gasteiger partial charge in [0.2, 0.25) is 11.7 Å². The summed E-state index contributed by atoms with van der Waals surface area (Å²) in [6.45, 7) is 7.77. The zero-order valence-corrected chi connectivity index (χ0v) is 17.7. The molecule has 1 aliphatic rings. The number of rotatable bonds is 6. The van der Waals surface area contributed by atoms with Crippen molar-refractivity contribution in [1.82, 2.24) is 29.7 Å². The van der Waals surface area contributed by atoms with Crippen molar-refractivity contribution in [2.24, 2.45) is 0 Å². The second kappa shape index (κ2) is 8.83. The van der Waals surface area contributed by atoms with Gasteiger partial charge in [-0.25, -0.2) is 4.68 Å². The molecular weight excluding hydrogens is 388 g/mol. The van der Waals surface area contributed by atoms with E-state index in [4.69, 9.17) is 4.52 Å². The Hall–Kier alpha value is -3.29. The lowest BCUT2D eigenvalue weighted by Gasteiger charge is -2.33. The first-order chi connectivity index (χ1) is 15.2. The molecule has 1 fully saturated rings. The summed E-state index contributed by atoms with van der Waals surface area (Å²) in [6, 6.07) is 18.7. The quantitative estimate of drug-likeness (QED) is 0.481. The Kier molecular flexibility index (Phi) is 5.60. The van der Waals surface area contributed by atoms with Gasteiger partial charge in [-0.15, -0.1) is 0 Å². The van der Waals surface area contributed by atoms with Crippen LogP contribution in [0.25, 0.3) is 17.1 Å². The zero-order chi connectivity index (χ0) is 21.0. The minimum Gasteiger partial charge on any atom is -0.338 e. The number of aromatic nitrogens is 4. The van der Waals surface area contributed by atoms with Crippen LogP contribution >= 0.6 is 0 Å². The lowest BCUT2D eigenvalue weighted by Crippen LogP contribution is -2.45. The molecule has 0 N–H and O–H groups in total. The normalized spacial score (nSPS) is 15.4. The van der Waals surface area contributed by atoms with Crippen molar-refractivity contribution in [3.05, 3.63) is 84.0 Å². The molecule has 0 aliphatic carbocycles. The van der Waals surface area contributed by atoms with Crippen LogP contribution in [0, 0.1) is 6.92 Å². The van der Waals surface area contributed by atoms with Crippen LogP contribution in [0.15, 0.2) is 71.5 Å². The molecule has 0 unspecified atom stereocenters. The molecule has 0 atom stereocenters. The monoisotopic (exact) mass is 414 g/mol. The molecule has 7 heteroatoms. The Balaban J connectivity index is 1.13. The Labute approximate surface area is 181 Å². The van der Waals surface area contributed by atoms with Gasteiger partial charge in [-0.05, 0) is 36.2 Å². The maximum Gasteiger partial charge on any atom is 0.241 e. The van der Waals surface area contributed by atoms with Crippen LogP contribution in [0.4, 0.5) is 0 Å². The topological polar surface area (TPSA) is 63.2 Å². The molecule has 0 saturated carbocycles. The molecule has 158 valence electrons. The SMILES string of the molecule is Cc1ccccc1-c1noc(CN2CCN(Cc3ccc(-n4cccn4)cc3)CC2)n1. The van der Waals surface area contributed by atoms with Crippen LogP contribution < -0.4 is 0 Å². The van der Waals surface area contributed by atoms with Gasteiger partial charge in [-0.3, -0.25) is 9.80 Å². The number of aryl methyl sites for hydroxylation is 1. The summed E-state index contributed by atoms with van der Waals surface area (Å²) in [7, 11) is 0. The minimum absolute atomic E-state index is 0.672. The van der Waals surface area contributed by atoms with Crippen LogP contribution in [0.2, 0.25) is 0 Å². The third-order valence-electron chi connectivity index (χ3n) is 5.79. The summed E-state index contributed by atoms with van der Waals surface area (Å²) in [5, 5.41) is 8.46. The summed E-state index contributed by atoms with van der Waals surface area (Å²) in [5.74, 6) is 1.35. The van der Waals surface area contributed by atoms with Crippen molar-refractivity contribution in [3.63, 3.8) is 0 Å². The van der Waals surface area contributed by atoms with Crippen LogP contribution in [0.5, 0.6) is 0 Å². The Bertz CT molecular complexity index is 1110. The number of nitrogens with zero attached hydrogens (tertiary/aromatic N) is 6. The Morgan fingerprint density at radius 1 is 0.871 bits per heavy atom. The molecule has 5 rings (SSSR count). The average Bonchev–Trinajstić information content (AvgIpc) is 3.49. The van der Waals surface area contributed by atoms with E-state index in [1.54, 1.807) is 6.20 Å². The van der Waals surface area contributed by atoms with Gasteiger partial charge >= 0.3 is 0 Å². The summed E-state index contributed by atoms with van der Waals surface area (Å²) in [6.07, 6.45) is 3.76. The van der Waals surface area contributed by atoms with Crippen molar-refractivity contribution in [2.45, 2.75) is 20.0 Å². The highest BCUT2D eigenvalue weighted by Gasteiger charge is 2.20. The fraction of sp³-hybridized carbons (Fsp3) is 0.292. The first-order valence-corrected chi connectivity index (χ1v) is 10.7. The molecule has 1 saturated heterocycles. The van der Waals surface area contributed by atoms with Crippen molar-refractivity contribution >= 4 is 0 Å². The first kappa shape index (κ1) is 19.7. The van der Waals surface area contributed by atoms with Crippen molar-refractivity contribution < 1.29 is 4.52 Å². The van der Waals surface area contributed by atoms with Gasteiger partial charge in [0.25, 0.3) is 0 Å². The van der Waals surface area contributed by atoms with Gasteiger partial charge in [0.1, 0.15) is 0 Å². The predicted molar refractivity (Wildman–Crippen MR) is 119 cm³/mol. The summed E-state index contributed by atoms with van der Waals surface area (Å²) >= 11 is 0. The van der Waals surface area contributed by atoms with Gasteiger partial charge < -0.3 is 4.52 Å². The molecule has 0 amide bonds. The second-order valence-electron chi connectivity index (χ2n) is 8.00. The van der Waals surface area contributed by atoms with Crippen LogP contribution in [0.3, 0.4) is 0 Å². The van der Waals surface area contributed by atoms with E-state index in [1.807, 2.05) is 35.1 Å². The molecule has 0 radical (unpaired) electrons. The van der Waals surface area contributed by atoms with Gasteiger partial charge in [-0.1, -0.05) is 41.6 Å². The summed E-state index contributed by atoms with van der Waals surface area (Å²) in [5.41, 5.74) is 4.59. The third-order valence-corrected chi connectivity index (χ3v) is 5.79. The van der Waals surface area contributed by atoms with Crippen molar-refractivity contribution in [3.8, 4) is 17.1 Å². The van der Waals surface area contributed by atoms with E-state index in [0.717, 1.165) is 49.5 Å². The number of hydrogen-bond donors (Lipinski definition) is 0. The fourth-order valence-corrected chi connectivity index (χ4v) is 3.98. The van der Waals surface area contributed by atoms with E-state index in [2.05, 4.69) is 62.3 Å². The van der Waals surface area contributed by atoms with E-state index in [-0.39, 0.29) is 0 Å². The highest BCUT2D eigenvalue weighted by atomic mass is 16.5. The molecule has 4 aromatic rings. The first-order valence-electron chi connectivity index (χ1n) is 10.7. The molecule has 7 nitrogen and oxygen atoms in total. The Morgan fingerprint density at radius 3 is 2.32 bits per heavy atom. The molecule has 2 aromatic carbocycles. The number of hydrogen-bond acceptors (Lipinski definition) is 6. The predicted octanol–water partition coefficient (Wildman–Crippen LogP) is 3.55. The molecule has 0 spiro atoms. The highest BCUT2D eigenvalue weighted by Crippen LogP contribution is 2.20. The molecule has 0 bridgehead atoms. The van der Waals surface area contributed by atoms with Crippen LogP contribution in [-0.2, 0) is 13.1 Å². The van der Waals surface area contributed by atoms with E-state index < -0.39 is 0 Å². The largest absolute Gasteiger partial charge is 0.338 e. The summed E-state index contributed by atoms with van der Waals surface area (Å²) < 4.78 is 7.40. The number of piperazine rings is 1. The van der Waals surface area contributed by atoms with Gasteiger partial charge in [0.15, 0.2) is 0 Å². The van der Waals surface area contributed by atoms with E-state index in [0.29, 0.717) is 18.3 Å². The van der Waals surface area contributed by atoms with Gasteiger partial charge in [-0.2, -0.15) is 10.1 Å². The third kappa shape index (κ3) is 4.57. The fourth-order valence-electron chi connectivity index (χ4n) is 3.98. The van der Waals surface area contributed by atoms with E-state index in [9.17, 15) is 0 Å².